The first-order valence-corrected chi connectivity index (χ1v) is 7.14. The molecule has 0 radical (unpaired) electrons. The number of nitrogens with one attached hydrogen (secondary N) is 2. The van der Waals surface area contributed by atoms with Gasteiger partial charge in [0.15, 0.2) is 10.8 Å². The molecule has 100 valence electrons. The molecule has 1 aliphatic heterocycles. The molecule has 0 aromatic carbocycles. The molecule has 0 spiro atoms. The zero-order chi connectivity index (χ0) is 13.2. The molecular weight excluding hydrogens is 262 g/mol. The standard InChI is InChI=1S/C13H15N3O2S/c1-8-2-3-11(18-8)13-16-10(7-19-13)12(17)15-9-4-5-14-6-9/h2-3,7,9,14H,4-6H2,1H3,(H,15,17). The van der Waals surface area contributed by atoms with Gasteiger partial charge in [-0.15, -0.1) is 11.3 Å². The van der Waals surface area contributed by atoms with E-state index in [4.69, 9.17) is 4.42 Å². The highest BCUT2D eigenvalue weighted by molar-refractivity contribution is 7.13. The molecule has 1 aliphatic rings. The summed E-state index contributed by atoms with van der Waals surface area (Å²) in [5.41, 5.74) is 0.459. The van der Waals surface area contributed by atoms with Crippen molar-refractivity contribution in [3.63, 3.8) is 0 Å². The highest BCUT2D eigenvalue weighted by Crippen LogP contribution is 2.25. The van der Waals surface area contributed by atoms with E-state index < -0.39 is 0 Å². The fourth-order valence-corrected chi connectivity index (χ4v) is 2.84. The molecule has 2 N–H and O–H groups in total. The first kappa shape index (κ1) is 12.4. The molecule has 1 amide bonds. The molecule has 1 atom stereocenters. The van der Waals surface area contributed by atoms with E-state index in [1.807, 2.05) is 19.1 Å². The topological polar surface area (TPSA) is 67.2 Å². The minimum Gasteiger partial charge on any atom is -0.459 e. The van der Waals surface area contributed by atoms with Crippen LogP contribution in [-0.4, -0.2) is 30.0 Å². The highest BCUT2D eigenvalue weighted by atomic mass is 32.1. The number of furan rings is 1. The van der Waals surface area contributed by atoms with Crippen LogP contribution in [0.15, 0.2) is 21.9 Å². The molecule has 5 nitrogen and oxygen atoms in total. The molecule has 19 heavy (non-hydrogen) atoms. The van der Waals surface area contributed by atoms with E-state index in [2.05, 4.69) is 15.6 Å². The van der Waals surface area contributed by atoms with Crippen molar-refractivity contribution in [3.8, 4) is 10.8 Å². The minimum absolute atomic E-state index is 0.112. The van der Waals surface area contributed by atoms with Crippen LogP contribution in [0.25, 0.3) is 10.8 Å². The zero-order valence-corrected chi connectivity index (χ0v) is 11.4. The molecule has 2 aromatic heterocycles. The van der Waals surface area contributed by atoms with Gasteiger partial charge in [-0.2, -0.15) is 0 Å². The van der Waals surface area contributed by atoms with E-state index in [1.165, 1.54) is 11.3 Å². The van der Waals surface area contributed by atoms with Gasteiger partial charge in [-0.05, 0) is 32.0 Å². The quantitative estimate of drug-likeness (QED) is 0.898. The zero-order valence-electron chi connectivity index (χ0n) is 10.6. The van der Waals surface area contributed by atoms with Gasteiger partial charge in [0.25, 0.3) is 5.91 Å². The van der Waals surface area contributed by atoms with Crippen LogP contribution in [0, 0.1) is 6.92 Å². The van der Waals surface area contributed by atoms with Gasteiger partial charge in [0.1, 0.15) is 11.5 Å². The van der Waals surface area contributed by atoms with Gasteiger partial charge in [-0.25, -0.2) is 4.98 Å². The van der Waals surface area contributed by atoms with Gasteiger partial charge in [-0.1, -0.05) is 0 Å². The Bertz CT molecular complexity index is 584. The maximum absolute atomic E-state index is 12.0. The Labute approximate surface area is 115 Å². The van der Waals surface area contributed by atoms with Crippen LogP contribution in [0.5, 0.6) is 0 Å². The Morgan fingerprint density at radius 1 is 1.58 bits per heavy atom. The number of amides is 1. The number of hydrogen-bond acceptors (Lipinski definition) is 5. The molecule has 1 unspecified atom stereocenters. The summed E-state index contributed by atoms with van der Waals surface area (Å²) in [5, 5.41) is 8.70. The lowest BCUT2D eigenvalue weighted by Gasteiger charge is -2.09. The lowest BCUT2D eigenvalue weighted by molar-refractivity contribution is 0.0936. The lowest BCUT2D eigenvalue weighted by Crippen LogP contribution is -2.36. The van der Waals surface area contributed by atoms with Crippen molar-refractivity contribution in [1.82, 2.24) is 15.6 Å². The normalized spacial score (nSPS) is 18.7. The summed E-state index contributed by atoms with van der Waals surface area (Å²) in [6.45, 7) is 3.68. The van der Waals surface area contributed by atoms with E-state index in [1.54, 1.807) is 5.38 Å². The largest absolute Gasteiger partial charge is 0.459 e. The van der Waals surface area contributed by atoms with Crippen molar-refractivity contribution >= 4 is 17.2 Å². The second-order valence-corrected chi connectivity index (χ2v) is 5.47. The number of thiazole rings is 1. The van der Waals surface area contributed by atoms with Crippen LogP contribution in [0.4, 0.5) is 0 Å². The summed E-state index contributed by atoms with van der Waals surface area (Å²) in [5.74, 6) is 1.44. The number of nitrogens with zero attached hydrogens (tertiary/aromatic N) is 1. The predicted molar refractivity (Wildman–Crippen MR) is 73.3 cm³/mol. The molecule has 0 bridgehead atoms. The third-order valence-corrected chi connectivity index (χ3v) is 3.94. The van der Waals surface area contributed by atoms with Crippen LogP contribution in [0.3, 0.4) is 0 Å². The smallest absolute Gasteiger partial charge is 0.271 e. The molecular formula is C13H15N3O2S. The number of carbonyl (C=O) groups is 1. The number of aryl methyl sites for hydroxylation is 1. The average Bonchev–Trinajstić information content (AvgIpc) is 3.07. The van der Waals surface area contributed by atoms with Gasteiger partial charge >= 0.3 is 0 Å². The Hall–Kier alpha value is -1.66. The van der Waals surface area contributed by atoms with Gasteiger partial charge in [0.05, 0.1) is 0 Å². The SMILES string of the molecule is Cc1ccc(-c2nc(C(=O)NC3CCNC3)cs2)o1. The van der Waals surface area contributed by atoms with Crippen LogP contribution in [-0.2, 0) is 0 Å². The Balaban J connectivity index is 1.71. The van der Waals surface area contributed by atoms with Crippen molar-refractivity contribution in [3.05, 3.63) is 29.0 Å². The van der Waals surface area contributed by atoms with E-state index >= 15 is 0 Å². The van der Waals surface area contributed by atoms with Crippen LogP contribution < -0.4 is 10.6 Å². The number of carbonyl (C=O) groups excluding carboxylic acids is 1. The molecule has 1 saturated heterocycles. The van der Waals surface area contributed by atoms with Gasteiger partial charge in [0, 0.05) is 18.0 Å². The molecule has 2 aromatic rings. The maximum atomic E-state index is 12.0. The first-order chi connectivity index (χ1) is 9.22. The fourth-order valence-electron chi connectivity index (χ4n) is 2.08. The molecule has 3 heterocycles. The number of hydrogen-bond donors (Lipinski definition) is 2. The van der Waals surface area contributed by atoms with E-state index in [0.717, 1.165) is 30.3 Å². The third-order valence-electron chi connectivity index (χ3n) is 3.08. The lowest BCUT2D eigenvalue weighted by atomic mass is 10.2. The summed E-state index contributed by atoms with van der Waals surface area (Å²) in [6.07, 6.45) is 0.972. The van der Waals surface area contributed by atoms with Crippen LogP contribution in [0.1, 0.15) is 22.7 Å². The van der Waals surface area contributed by atoms with Gasteiger partial charge in [-0.3, -0.25) is 4.79 Å². The van der Waals surface area contributed by atoms with E-state index in [0.29, 0.717) is 11.5 Å². The summed E-state index contributed by atoms with van der Waals surface area (Å²) in [6, 6.07) is 3.97. The first-order valence-electron chi connectivity index (χ1n) is 6.26. The average molecular weight is 277 g/mol. The fraction of sp³-hybridized carbons (Fsp3) is 0.385. The second kappa shape index (κ2) is 5.14. The third kappa shape index (κ3) is 2.69. The molecule has 6 heteroatoms. The summed E-state index contributed by atoms with van der Waals surface area (Å²) >= 11 is 1.42. The molecule has 1 fully saturated rings. The number of aromatic nitrogens is 1. The Morgan fingerprint density at radius 2 is 2.47 bits per heavy atom. The van der Waals surface area contributed by atoms with Crippen LogP contribution in [0.2, 0.25) is 0 Å². The summed E-state index contributed by atoms with van der Waals surface area (Å²) in [4.78, 5) is 16.4. The monoisotopic (exact) mass is 277 g/mol. The number of rotatable bonds is 3. The highest BCUT2D eigenvalue weighted by Gasteiger charge is 2.19. The summed E-state index contributed by atoms with van der Waals surface area (Å²) < 4.78 is 5.50. The van der Waals surface area contributed by atoms with Crippen molar-refractivity contribution in [2.75, 3.05) is 13.1 Å². The molecule has 0 saturated carbocycles. The van der Waals surface area contributed by atoms with Gasteiger partial charge in [0.2, 0.25) is 0 Å². The van der Waals surface area contributed by atoms with Crippen molar-refractivity contribution in [1.29, 1.82) is 0 Å². The van der Waals surface area contributed by atoms with Crippen molar-refractivity contribution in [2.45, 2.75) is 19.4 Å². The predicted octanol–water partition coefficient (Wildman–Crippen LogP) is 1.80. The van der Waals surface area contributed by atoms with Gasteiger partial charge < -0.3 is 15.1 Å². The van der Waals surface area contributed by atoms with Crippen LogP contribution >= 0.6 is 11.3 Å². The van der Waals surface area contributed by atoms with E-state index in [9.17, 15) is 4.79 Å². The Morgan fingerprint density at radius 3 is 3.16 bits per heavy atom. The Kier molecular flexibility index (Phi) is 3.35. The van der Waals surface area contributed by atoms with Crippen molar-refractivity contribution in [2.24, 2.45) is 0 Å². The van der Waals surface area contributed by atoms with Crippen molar-refractivity contribution < 1.29 is 9.21 Å². The summed E-state index contributed by atoms with van der Waals surface area (Å²) in [7, 11) is 0. The van der Waals surface area contributed by atoms with E-state index in [-0.39, 0.29) is 11.9 Å². The molecule has 0 aliphatic carbocycles. The minimum atomic E-state index is -0.112. The molecule has 3 rings (SSSR count). The second-order valence-electron chi connectivity index (χ2n) is 4.61. The maximum Gasteiger partial charge on any atom is 0.271 e.